The summed E-state index contributed by atoms with van der Waals surface area (Å²) in [6.45, 7) is 0. The first-order valence-electron chi connectivity index (χ1n) is 9.13. The van der Waals surface area contributed by atoms with E-state index < -0.39 is 17.7 Å². The van der Waals surface area contributed by atoms with E-state index in [9.17, 15) is 14.7 Å². The van der Waals surface area contributed by atoms with Gasteiger partial charge in [-0.15, -0.1) is 0 Å². The number of aliphatic hydroxyl groups excluding tert-OH is 1. The Kier molecular flexibility index (Phi) is 5.25. The van der Waals surface area contributed by atoms with Gasteiger partial charge in [-0.1, -0.05) is 29.8 Å². The molecule has 1 saturated heterocycles. The summed E-state index contributed by atoms with van der Waals surface area (Å²) in [5, 5.41) is 11.5. The van der Waals surface area contributed by atoms with Crippen LogP contribution < -0.4 is 9.64 Å². The fourth-order valence-corrected chi connectivity index (χ4v) is 3.66. The Morgan fingerprint density at radius 2 is 1.83 bits per heavy atom. The summed E-state index contributed by atoms with van der Waals surface area (Å²) in [5.74, 6) is -0.933. The van der Waals surface area contributed by atoms with E-state index >= 15 is 0 Å². The van der Waals surface area contributed by atoms with Gasteiger partial charge in [0.1, 0.15) is 17.3 Å². The van der Waals surface area contributed by atoms with Gasteiger partial charge in [-0.05, 0) is 54.1 Å². The van der Waals surface area contributed by atoms with Crippen molar-refractivity contribution in [2.75, 3.05) is 12.0 Å². The van der Waals surface area contributed by atoms with Gasteiger partial charge in [0.25, 0.3) is 5.78 Å². The molecule has 150 valence electrons. The first kappa shape index (κ1) is 19.7. The average Bonchev–Trinajstić information content (AvgIpc) is 3.04. The number of hydrogen-bond donors (Lipinski definition) is 1. The summed E-state index contributed by atoms with van der Waals surface area (Å²) in [7, 11) is 1.53. The van der Waals surface area contributed by atoms with Crippen LogP contribution in [0, 0.1) is 0 Å². The summed E-state index contributed by atoms with van der Waals surface area (Å²) in [6, 6.07) is 17.6. The molecule has 1 fully saturated rings. The molecule has 0 bridgehead atoms. The molecule has 1 aliphatic heterocycles. The van der Waals surface area contributed by atoms with E-state index in [0.717, 1.165) is 0 Å². The Morgan fingerprint density at radius 1 is 1.07 bits per heavy atom. The van der Waals surface area contributed by atoms with E-state index in [1.165, 1.54) is 18.2 Å². The van der Waals surface area contributed by atoms with Gasteiger partial charge >= 0.3 is 5.91 Å². The molecule has 1 amide bonds. The summed E-state index contributed by atoms with van der Waals surface area (Å²) in [6.07, 6.45) is 1.53. The van der Waals surface area contributed by atoms with E-state index in [2.05, 4.69) is 4.98 Å². The Hall–Kier alpha value is -3.64. The van der Waals surface area contributed by atoms with Crippen LogP contribution in [0.1, 0.15) is 17.2 Å². The number of halogens is 1. The van der Waals surface area contributed by atoms with Gasteiger partial charge in [-0.3, -0.25) is 14.5 Å². The number of ketones is 1. The fourth-order valence-electron chi connectivity index (χ4n) is 3.46. The number of Topliss-reactive ketones (excluding diaryl/α,β-unsaturated/α-hetero) is 1. The van der Waals surface area contributed by atoms with Gasteiger partial charge in [-0.2, -0.15) is 0 Å². The third-order valence-electron chi connectivity index (χ3n) is 4.87. The van der Waals surface area contributed by atoms with E-state index in [4.69, 9.17) is 16.3 Å². The molecule has 0 spiro atoms. The third-order valence-corrected chi connectivity index (χ3v) is 5.10. The van der Waals surface area contributed by atoms with Crippen LogP contribution >= 0.6 is 11.6 Å². The number of carbonyl (C=O) groups excluding carboxylic acids is 2. The van der Waals surface area contributed by atoms with E-state index in [0.29, 0.717) is 27.7 Å². The number of aliphatic hydroxyl groups is 1. The number of nitrogens with zero attached hydrogens (tertiary/aromatic N) is 2. The maximum atomic E-state index is 13.0. The molecule has 3 aromatic rings. The van der Waals surface area contributed by atoms with Gasteiger partial charge in [-0.25, -0.2) is 4.98 Å². The lowest BCUT2D eigenvalue weighted by Gasteiger charge is -2.24. The molecule has 4 rings (SSSR count). The minimum Gasteiger partial charge on any atom is -0.507 e. The monoisotopic (exact) mass is 420 g/mol. The molecule has 1 atom stereocenters. The van der Waals surface area contributed by atoms with Crippen LogP contribution in [0.2, 0.25) is 5.02 Å². The maximum Gasteiger partial charge on any atom is 0.301 e. The smallest absolute Gasteiger partial charge is 0.301 e. The predicted molar refractivity (Wildman–Crippen MR) is 113 cm³/mol. The number of hydrogen-bond acceptors (Lipinski definition) is 5. The normalized spacial score (nSPS) is 17.9. The molecule has 1 aliphatic rings. The zero-order chi connectivity index (χ0) is 21.3. The largest absolute Gasteiger partial charge is 0.507 e. The number of rotatable bonds is 4. The van der Waals surface area contributed by atoms with Crippen LogP contribution in [-0.2, 0) is 9.59 Å². The average molecular weight is 421 g/mol. The topological polar surface area (TPSA) is 79.7 Å². The number of benzene rings is 2. The Balaban J connectivity index is 1.93. The summed E-state index contributed by atoms with van der Waals surface area (Å²) < 4.78 is 5.14. The van der Waals surface area contributed by atoms with Crippen molar-refractivity contribution in [2.24, 2.45) is 0 Å². The maximum absolute atomic E-state index is 13.0. The second kappa shape index (κ2) is 8.00. The molecule has 1 aromatic heterocycles. The predicted octanol–water partition coefficient (Wildman–Crippen LogP) is 4.37. The van der Waals surface area contributed by atoms with Gasteiger partial charge in [0, 0.05) is 16.8 Å². The molecule has 2 heterocycles. The van der Waals surface area contributed by atoms with Gasteiger partial charge < -0.3 is 9.84 Å². The number of carbonyl (C=O) groups is 2. The SMILES string of the molecule is COc1ccc(/C(O)=C2\C(=O)C(=O)N(c3ccccn3)[C@@H]2c2cccc(Cl)c2)cc1. The zero-order valence-electron chi connectivity index (χ0n) is 15.9. The van der Waals surface area contributed by atoms with Crippen molar-refractivity contribution in [2.45, 2.75) is 6.04 Å². The minimum absolute atomic E-state index is 0.0295. The second-order valence-corrected chi connectivity index (χ2v) is 7.08. The van der Waals surface area contributed by atoms with E-state index in [1.807, 2.05) is 0 Å². The van der Waals surface area contributed by atoms with Crippen molar-refractivity contribution < 1.29 is 19.4 Å². The Morgan fingerprint density at radius 3 is 2.47 bits per heavy atom. The first-order valence-corrected chi connectivity index (χ1v) is 9.51. The van der Waals surface area contributed by atoms with Gasteiger partial charge in [0.2, 0.25) is 0 Å². The number of methoxy groups -OCH3 is 1. The lowest BCUT2D eigenvalue weighted by Crippen LogP contribution is -2.30. The molecular formula is C23H17ClN2O4. The molecule has 2 aromatic carbocycles. The number of pyridine rings is 1. The standard InChI is InChI=1S/C23H17ClN2O4/c1-30-17-10-8-14(9-11-17)21(27)19-20(15-5-4-6-16(24)13-15)26(23(29)22(19)28)18-7-2-3-12-25-18/h2-13,20,27H,1H3/b21-19+/t20-/m1/s1. The van der Waals surface area contributed by atoms with Crippen molar-refractivity contribution in [3.63, 3.8) is 0 Å². The van der Waals surface area contributed by atoms with Gasteiger partial charge in [0.15, 0.2) is 0 Å². The molecular weight excluding hydrogens is 404 g/mol. The molecule has 6 nitrogen and oxygen atoms in total. The van der Waals surface area contributed by atoms with E-state index in [-0.39, 0.29) is 11.3 Å². The number of amides is 1. The highest BCUT2D eigenvalue weighted by Crippen LogP contribution is 2.42. The summed E-state index contributed by atoms with van der Waals surface area (Å²) in [5.41, 5.74) is 0.947. The molecule has 0 aliphatic carbocycles. The number of aromatic nitrogens is 1. The van der Waals surface area contributed by atoms with E-state index in [1.54, 1.807) is 66.7 Å². The molecule has 0 unspecified atom stereocenters. The fraction of sp³-hybridized carbons (Fsp3) is 0.0870. The Bertz CT molecular complexity index is 1140. The minimum atomic E-state index is -0.874. The molecule has 1 N–H and O–H groups in total. The number of ether oxygens (including phenoxy) is 1. The van der Waals surface area contributed by atoms with Crippen LogP contribution in [-0.4, -0.2) is 28.9 Å². The first-order chi connectivity index (χ1) is 14.5. The van der Waals surface area contributed by atoms with Crippen LogP contribution in [0.25, 0.3) is 5.76 Å². The quantitative estimate of drug-likeness (QED) is 0.385. The molecule has 30 heavy (non-hydrogen) atoms. The van der Waals surface area contributed by atoms with Crippen molar-refractivity contribution in [1.29, 1.82) is 0 Å². The molecule has 0 radical (unpaired) electrons. The van der Waals surface area contributed by atoms with Crippen molar-refractivity contribution in [1.82, 2.24) is 4.98 Å². The third kappa shape index (κ3) is 3.42. The van der Waals surface area contributed by atoms with Crippen molar-refractivity contribution in [3.05, 3.63) is 94.6 Å². The lowest BCUT2D eigenvalue weighted by atomic mass is 9.95. The molecule has 0 saturated carbocycles. The highest BCUT2D eigenvalue weighted by atomic mass is 35.5. The zero-order valence-corrected chi connectivity index (χ0v) is 16.7. The highest BCUT2D eigenvalue weighted by Gasteiger charge is 2.47. The van der Waals surface area contributed by atoms with Crippen molar-refractivity contribution >= 4 is 34.9 Å². The number of anilines is 1. The van der Waals surface area contributed by atoms with Crippen LogP contribution in [0.3, 0.4) is 0 Å². The molecule has 7 heteroatoms. The van der Waals surface area contributed by atoms with Crippen molar-refractivity contribution in [3.8, 4) is 5.75 Å². The van der Waals surface area contributed by atoms with Crippen LogP contribution in [0.4, 0.5) is 5.82 Å². The summed E-state index contributed by atoms with van der Waals surface area (Å²) in [4.78, 5) is 31.5. The summed E-state index contributed by atoms with van der Waals surface area (Å²) >= 11 is 6.17. The van der Waals surface area contributed by atoms with Gasteiger partial charge in [0.05, 0.1) is 18.7 Å². The van der Waals surface area contributed by atoms with Crippen LogP contribution in [0.15, 0.2) is 78.5 Å². The second-order valence-electron chi connectivity index (χ2n) is 6.64. The Labute approximate surface area is 178 Å². The highest BCUT2D eigenvalue weighted by molar-refractivity contribution is 6.51. The lowest BCUT2D eigenvalue weighted by molar-refractivity contribution is -0.132. The van der Waals surface area contributed by atoms with Crippen LogP contribution in [0.5, 0.6) is 5.75 Å².